The van der Waals surface area contributed by atoms with Gasteiger partial charge in [0.15, 0.2) is 0 Å². The van der Waals surface area contributed by atoms with E-state index in [2.05, 4.69) is 104 Å². The van der Waals surface area contributed by atoms with E-state index < -0.39 is 20.0 Å². The van der Waals surface area contributed by atoms with Crippen LogP contribution in [0.3, 0.4) is 0 Å². The summed E-state index contributed by atoms with van der Waals surface area (Å²) in [6, 6.07) is -0.894. The first-order chi connectivity index (χ1) is 25.4. The Hall–Kier alpha value is -2.58. The minimum Gasteiger partial charge on any atom is -0.387 e. The molecule has 0 spiro atoms. The number of phosphoric ester groups is 1. The van der Waals surface area contributed by atoms with E-state index in [0.29, 0.717) is 6.42 Å². The Labute approximate surface area is 317 Å². The van der Waals surface area contributed by atoms with E-state index in [1.165, 1.54) is 19.3 Å². The van der Waals surface area contributed by atoms with E-state index in [9.17, 15) is 19.4 Å². The van der Waals surface area contributed by atoms with Crippen molar-refractivity contribution >= 4 is 13.7 Å². The highest BCUT2D eigenvalue weighted by Crippen LogP contribution is 2.43. The molecule has 0 aromatic rings. The van der Waals surface area contributed by atoms with Gasteiger partial charge in [0.2, 0.25) is 5.91 Å². The molecule has 0 saturated heterocycles. The average Bonchev–Trinajstić information content (AvgIpc) is 3.13. The van der Waals surface area contributed by atoms with Gasteiger partial charge in [-0.2, -0.15) is 0 Å². The topological polar surface area (TPSA) is 131 Å². The van der Waals surface area contributed by atoms with Gasteiger partial charge in [0.05, 0.1) is 25.4 Å². The molecular formula is C43H73N2O6P. The van der Waals surface area contributed by atoms with Gasteiger partial charge in [-0.1, -0.05) is 143 Å². The van der Waals surface area contributed by atoms with E-state index in [0.717, 1.165) is 96.3 Å². The van der Waals surface area contributed by atoms with Crippen LogP contribution < -0.4 is 11.1 Å². The second-order valence-electron chi connectivity index (χ2n) is 12.7. The van der Waals surface area contributed by atoms with Crippen molar-refractivity contribution in [2.24, 2.45) is 5.73 Å². The Balaban J connectivity index is 4.24. The lowest BCUT2D eigenvalue weighted by molar-refractivity contribution is -0.123. The second-order valence-corrected chi connectivity index (χ2v) is 14.2. The monoisotopic (exact) mass is 745 g/mol. The first-order valence-corrected chi connectivity index (χ1v) is 21.4. The normalized spacial score (nSPS) is 15.2. The lowest BCUT2D eigenvalue weighted by Gasteiger charge is -2.23. The van der Waals surface area contributed by atoms with Crippen LogP contribution in [-0.4, -0.2) is 47.8 Å². The number of aliphatic hydroxyl groups is 1. The molecule has 0 heterocycles. The van der Waals surface area contributed by atoms with Crippen molar-refractivity contribution < 1.29 is 28.4 Å². The molecule has 1 amide bonds. The quantitative estimate of drug-likeness (QED) is 0.0289. The van der Waals surface area contributed by atoms with Gasteiger partial charge in [-0.05, 0) is 83.5 Å². The molecule has 9 heteroatoms. The van der Waals surface area contributed by atoms with Crippen LogP contribution in [0, 0.1) is 0 Å². The Morgan fingerprint density at radius 1 is 0.635 bits per heavy atom. The molecule has 0 aromatic carbocycles. The summed E-state index contributed by atoms with van der Waals surface area (Å²) in [5, 5.41) is 13.5. The molecule has 8 nitrogen and oxygen atoms in total. The Kier molecular flexibility index (Phi) is 36.3. The van der Waals surface area contributed by atoms with E-state index in [4.69, 9.17) is 14.8 Å². The summed E-state index contributed by atoms with van der Waals surface area (Å²) in [7, 11) is -4.35. The fraction of sp³-hybridized carbons (Fsp3) is 0.605. The molecule has 52 heavy (non-hydrogen) atoms. The van der Waals surface area contributed by atoms with Crippen LogP contribution in [0.15, 0.2) is 97.2 Å². The third-order valence-electron chi connectivity index (χ3n) is 7.88. The molecule has 3 unspecified atom stereocenters. The number of rotatable bonds is 35. The molecule has 5 N–H and O–H groups in total. The lowest BCUT2D eigenvalue weighted by atomic mass is 10.1. The Bertz CT molecular complexity index is 1120. The first kappa shape index (κ1) is 49.4. The number of carbonyl (C=O) groups excluding carboxylic acids is 1. The van der Waals surface area contributed by atoms with Crippen molar-refractivity contribution in [3.8, 4) is 0 Å². The molecule has 3 atom stereocenters. The Morgan fingerprint density at radius 2 is 1.08 bits per heavy atom. The van der Waals surface area contributed by atoms with Crippen LogP contribution in [-0.2, 0) is 18.4 Å². The molecule has 0 rings (SSSR count). The predicted molar refractivity (Wildman–Crippen MR) is 221 cm³/mol. The summed E-state index contributed by atoms with van der Waals surface area (Å²) in [4.78, 5) is 22.6. The number of hydrogen-bond donors (Lipinski definition) is 4. The molecule has 0 aromatic heterocycles. The van der Waals surface area contributed by atoms with Crippen LogP contribution in [0.25, 0.3) is 0 Å². The fourth-order valence-corrected chi connectivity index (χ4v) is 5.72. The molecular weight excluding hydrogens is 671 g/mol. The molecule has 0 aliphatic carbocycles. The number of nitrogens with one attached hydrogen (secondary N) is 1. The largest absolute Gasteiger partial charge is 0.472 e. The average molecular weight is 745 g/mol. The number of allylic oxidation sites excluding steroid dienone is 15. The summed E-state index contributed by atoms with van der Waals surface area (Å²) in [6.45, 7) is 3.82. The van der Waals surface area contributed by atoms with E-state index >= 15 is 0 Å². The summed E-state index contributed by atoms with van der Waals surface area (Å²) < 4.78 is 22.0. The van der Waals surface area contributed by atoms with Gasteiger partial charge >= 0.3 is 7.82 Å². The number of unbranched alkanes of at least 4 members (excludes halogenated alkanes) is 9. The smallest absolute Gasteiger partial charge is 0.387 e. The van der Waals surface area contributed by atoms with E-state index in [-0.39, 0.29) is 25.7 Å². The molecule has 0 fully saturated rings. The van der Waals surface area contributed by atoms with Crippen molar-refractivity contribution in [2.75, 3.05) is 19.8 Å². The molecule has 0 saturated carbocycles. The molecule has 0 aliphatic rings. The van der Waals surface area contributed by atoms with Gasteiger partial charge in [-0.3, -0.25) is 13.8 Å². The lowest BCUT2D eigenvalue weighted by Crippen LogP contribution is -2.45. The maximum absolute atomic E-state index is 12.7. The fourth-order valence-electron chi connectivity index (χ4n) is 4.96. The van der Waals surface area contributed by atoms with Crippen molar-refractivity contribution in [2.45, 2.75) is 148 Å². The zero-order valence-corrected chi connectivity index (χ0v) is 33.4. The number of phosphoric acid groups is 1. The highest BCUT2D eigenvalue weighted by molar-refractivity contribution is 7.47. The molecule has 0 aliphatic heterocycles. The minimum atomic E-state index is -4.35. The van der Waals surface area contributed by atoms with Gasteiger partial charge in [0.25, 0.3) is 0 Å². The van der Waals surface area contributed by atoms with E-state index in [1.807, 2.05) is 6.08 Å². The number of carbonyl (C=O) groups is 1. The maximum atomic E-state index is 12.7. The highest BCUT2D eigenvalue weighted by atomic mass is 31.2. The van der Waals surface area contributed by atoms with Crippen molar-refractivity contribution in [3.05, 3.63) is 97.2 Å². The molecule has 0 bridgehead atoms. The predicted octanol–water partition coefficient (Wildman–Crippen LogP) is 10.8. The van der Waals surface area contributed by atoms with Crippen LogP contribution >= 0.6 is 7.82 Å². The third-order valence-corrected chi connectivity index (χ3v) is 8.87. The van der Waals surface area contributed by atoms with Gasteiger partial charge in [-0.15, -0.1) is 0 Å². The van der Waals surface area contributed by atoms with Crippen LogP contribution in [0.5, 0.6) is 0 Å². The summed E-state index contributed by atoms with van der Waals surface area (Å²) in [6.07, 6.45) is 51.8. The summed E-state index contributed by atoms with van der Waals surface area (Å²) in [5.41, 5.74) is 5.35. The Morgan fingerprint density at radius 3 is 1.63 bits per heavy atom. The summed E-state index contributed by atoms with van der Waals surface area (Å²) >= 11 is 0. The highest BCUT2D eigenvalue weighted by Gasteiger charge is 2.26. The number of amides is 1. The number of aliphatic hydroxyl groups excluding tert-OH is 1. The first-order valence-electron chi connectivity index (χ1n) is 19.9. The van der Waals surface area contributed by atoms with E-state index in [1.54, 1.807) is 6.08 Å². The van der Waals surface area contributed by atoms with Crippen LogP contribution in [0.1, 0.15) is 136 Å². The van der Waals surface area contributed by atoms with Crippen molar-refractivity contribution in [1.29, 1.82) is 0 Å². The number of hydrogen-bond acceptors (Lipinski definition) is 6. The van der Waals surface area contributed by atoms with Crippen LogP contribution in [0.4, 0.5) is 0 Å². The van der Waals surface area contributed by atoms with Crippen molar-refractivity contribution in [1.82, 2.24) is 5.32 Å². The minimum absolute atomic E-state index is 0.0639. The molecule has 296 valence electrons. The maximum Gasteiger partial charge on any atom is 0.472 e. The van der Waals surface area contributed by atoms with Gasteiger partial charge in [0.1, 0.15) is 0 Å². The zero-order valence-electron chi connectivity index (χ0n) is 32.5. The van der Waals surface area contributed by atoms with Crippen molar-refractivity contribution in [3.63, 3.8) is 0 Å². The zero-order chi connectivity index (χ0) is 38.2. The SMILES string of the molecule is CC/C=C\C/C=C\C/C=C\C/C=C\C/C=C\CCCCCCCCCC(=O)NC(COP(=O)(O)OCCN)C(O)/C=C/CC/C=C/CC/C=C/CC. The summed E-state index contributed by atoms with van der Waals surface area (Å²) in [5.74, 6) is -0.228. The van der Waals surface area contributed by atoms with Gasteiger partial charge in [0, 0.05) is 13.0 Å². The van der Waals surface area contributed by atoms with Gasteiger partial charge in [-0.25, -0.2) is 4.57 Å². The van der Waals surface area contributed by atoms with Gasteiger partial charge < -0.3 is 21.1 Å². The standard InChI is InChI=1S/C43H73N2O6P/c1-3-5-7-9-11-13-15-16-17-18-19-20-21-22-23-24-25-26-27-29-31-33-35-37-43(47)45-41(40-51-52(48,49)50-39-38-44)42(46)36-34-32-30-28-14-12-10-8-6-4-2/h5-8,11,13-14,16-17,19-20,22-23,28,34,36,41-42,46H,3-4,9-10,12,15,18,21,24-27,29-33,35,37-40,44H2,1-2H3,(H,45,47)(H,48,49)/b7-5-,8-6+,13-11-,17-16-,20-19-,23-22-,28-14+,36-34+. The third kappa shape index (κ3) is 35.8. The molecule has 0 radical (unpaired) electrons. The number of nitrogens with two attached hydrogens (primary N) is 1. The second kappa shape index (κ2) is 38.2. The van der Waals surface area contributed by atoms with Crippen LogP contribution in [0.2, 0.25) is 0 Å².